The summed E-state index contributed by atoms with van der Waals surface area (Å²) in [6, 6.07) is 10.5. The van der Waals surface area contributed by atoms with Crippen molar-refractivity contribution < 1.29 is 0 Å². The normalized spacial score (nSPS) is 15.7. The summed E-state index contributed by atoms with van der Waals surface area (Å²) >= 11 is 0. The second kappa shape index (κ2) is 4.30. The predicted octanol–water partition coefficient (Wildman–Crippen LogP) is 3.27. The molecule has 2 rings (SSSR count). The van der Waals surface area contributed by atoms with Crippen LogP contribution in [-0.2, 0) is 0 Å². The lowest BCUT2D eigenvalue weighted by Crippen LogP contribution is -1.99. The van der Waals surface area contributed by atoms with Gasteiger partial charge in [0.2, 0.25) is 0 Å². The Balaban J connectivity index is 2.20. The Morgan fingerprint density at radius 1 is 1.07 bits per heavy atom. The SMILES string of the molecule is C=[P+](c1ccccc1)[C-]1C=CCC=C1. The van der Waals surface area contributed by atoms with Crippen LogP contribution in [0.4, 0.5) is 0 Å². The third-order valence-electron chi connectivity index (χ3n) is 2.23. The summed E-state index contributed by atoms with van der Waals surface area (Å²) in [5.41, 5.74) is 1.36. The molecular formula is C13H13P. The van der Waals surface area contributed by atoms with Gasteiger partial charge in [-0.2, -0.15) is 12.2 Å². The van der Waals surface area contributed by atoms with Gasteiger partial charge in [-0.3, -0.25) is 0 Å². The van der Waals surface area contributed by atoms with E-state index in [9.17, 15) is 0 Å². The maximum atomic E-state index is 4.26. The number of benzene rings is 1. The molecule has 0 fully saturated rings. The fourth-order valence-corrected chi connectivity index (χ4v) is 2.85. The van der Waals surface area contributed by atoms with Gasteiger partial charge in [0, 0.05) is 5.66 Å². The van der Waals surface area contributed by atoms with Crippen molar-refractivity contribution in [2.45, 2.75) is 6.42 Å². The number of rotatable bonds is 2. The fraction of sp³-hybridized carbons (Fsp3) is 0.0769. The molecule has 1 aliphatic carbocycles. The molecule has 0 nitrogen and oxygen atoms in total. The number of hydrogen-bond acceptors (Lipinski definition) is 0. The second-order valence-corrected chi connectivity index (χ2v) is 5.12. The van der Waals surface area contributed by atoms with E-state index in [2.05, 4.69) is 54.9 Å². The molecule has 1 atom stereocenters. The van der Waals surface area contributed by atoms with Gasteiger partial charge in [0.25, 0.3) is 0 Å². The lowest BCUT2D eigenvalue weighted by atomic mass is 10.2. The van der Waals surface area contributed by atoms with Gasteiger partial charge in [-0.1, -0.05) is 18.2 Å². The van der Waals surface area contributed by atoms with Crippen molar-refractivity contribution >= 4 is 19.1 Å². The maximum absolute atomic E-state index is 4.26. The standard InChI is InChI=1S/C13H13P/c1-14(12-8-4-2-5-9-12)13-10-6-3-7-11-13/h2,4-11H,1,3H2. The van der Waals surface area contributed by atoms with Crippen LogP contribution in [0.25, 0.3) is 0 Å². The highest BCUT2D eigenvalue weighted by atomic mass is 31.1. The first-order valence-electron chi connectivity index (χ1n) is 4.73. The zero-order chi connectivity index (χ0) is 9.80. The quantitative estimate of drug-likeness (QED) is 0.507. The van der Waals surface area contributed by atoms with E-state index in [1.165, 1.54) is 11.0 Å². The van der Waals surface area contributed by atoms with Gasteiger partial charge in [-0.25, -0.2) is 0 Å². The van der Waals surface area contributed by atoms with Crippen molar-refractivity contribution in [3.8, 4) is 0 Å². The molecule has 0 saturated heterocycles. The molecule has 14 heavy (non-hydrogen) atoms. The Morgan fingerprint density at radius 2 is 1.71 bits per heavy atom. The Bertz CT molecular complexity index is 361. The van der Waals surface area contributed by atoms with E-state index >= 15 is 0 Å². The van der Waals surface area contributed by atoms with Crippen molar-refractivity contribution in [3.05, 3.63) is 60.3 Å². The van der Waals surface area contributed by atoms with Gasteiger partial charge in [-0.05, 0) is 12.1 Å². The average Bonchev–Trinajstić information content (AvgIpc) is 2.30. The molecule has 0 radical (unpaired) electrons. The van der Waals surface area contributed by atoms with E-state index < -0.39 is 7.55 Å². The highest BCUT2D eigenvalue weighted by Crippen LogP contribution is 2.37. The number of allylic oxidation sites excluding steroid dienone is 4. The summed E-state index contributed by atoms with van der Waals surface area (Å²) in [4.78, 5) is 0. The molecule has 1 unspecified atom stereocenters. The molecule has 1 aromatic rings. The summed E-state index contributed by atoms with van der Waals surface area (Å²) in [5.74, 6) is 0. The molecule has 0 spiro atoms. The van der Waals surface area contributed by atoms with Crippen LogP contribution in [0.5, 0.6) is 0 Å². The fourth-order valence-electron chi connectivity index (χ4n) is 1.45. The molecule has 0 N–H and O–H groups in total. The smallest absolute Gasteiger partial charge is 0.141 e. The van der Waals surface area contributed by atoms with Crippen LogP contribution >= 0.6 is 7.55 Å². The minimum atomic E-state index is -0.401. The predicted molar refractivity (Wildman–Crippen MR) is 66.3 cm³/mol. The van der Waals surface area contributed by atoms with Crippen LogP contribution in [0.3, 0.4) is 0 Å². The van der Waals surface area contributed by atoms with E-state index in [0.29, 0.717) is 0 Å². The van der Waals surface area contributed by atoms with Gasteiger partial charge in [0.1, 0.15) is 12.8 Å². The molecule has 1 aliphatic rings. The summed E-state index contributed by atoms with van der Waals surface area (Å²) < 4.78 is 0. The van der Waals surface area contributed by atoms with Crippen LogP contribution in [-0.4, -0.2) is 6.30 Å². The molecule has 0 saturated carbocycles. The third kappa shape index (κ3) is 1.97. The van der Waals surface area contributed by atoms with Crippen molar-refractivity contribution in [2.24, 2.45) is 0 Å². The first-order valence-corrected chi connectivity index (χ1v) is 6.26. The van der Waals surface area contributed by atoms with E-state index in [0.717, 1.165) is 6.42 Å². The summed E-state index contributed by atoms with van der Waals surface area (Å²) in [6.45, 7) is 0. The van der Waals surface area contributed by atoms with Crippen LogP contribution < -0.4 is 5.30 Å². The molecule has 0 aromatic heterocycles. The van der Waals surface area contributed by atoms with Gasteiger partial charge in [0.15, 0.2) is 0 Å². The Kier molecular flexibility index (Phi) is 2.86. The molecule has 0 amide bonds. The van der Waals surface area contributed by atoms with Gasteiger partial charge in [0.05, 0.1) is 6.30 Å². The van der Waals surface area contributed by atoms with Gasteiger partial charge in [-0.15, -0.1) is 18.6 Å². The minimum Gasteiger partial charge on any atom is -0.183 e. The van der Waals surface area contributed by atoms with Crippen LogP contribution in [0.15, 0.2) is 54.6 Å². The lowest BCUT2D eigenvalue weighted by molar-refractivity contribution is 1.33. The van der Waals surface area contributed by atoms with Crippen LogP contribution in [0.2, 0.25) is 0 Å². The van der Waals surface area contributed by atoms with Crippen LogP contribution in [0.1, 0.15) is 6.42 Å². The minimum absolute atomic E-state index is 0.401. The van der Waals surface area contributed by atoms with E-state index in [1.807, 2.05) is 6.07 Å². The maximum Gasteiger partial charge on any atom is 0.141 e. The van der Waals surface area contributed by atoms with E-state index in [4.69, 9.17) is 0 Å². The molecule has 0 aliphatic heterocycles. The Hall–Kier alpha value is -1.26. The first kappa shape index (κ1) is 9.30. The second-order valence-electron chi connectivity index (χ2n) is 3.23. The van der Waals surface area contributed by atoms with E-state index in [-0.39, 0.29) is 0 Å². The Morgan fingerprint density at radius 3 is 2.36 bits per heavy atom. The van der Waals surface area contributed by atoms with Crippen LogP contribution in [0, 0.1) is 5.66 Å². The van der Waals surface area contributed by atoms with Gasteiger partial charge < -0.3 is 0 Å². The lowest BCUT2D eigenvalue weighted by Gasteiger charge is -2.11. The molecule has 0 heterocycles. The summed E-state index contributed by atoms with van der Waals surface area (Å²) in [7, 11) is -0.401. The average molecular weight is 200 g/mol. The number of hydrogen-bond donors (Lipinski definition) is 0. The first-order chi connectivity index (χ1) is 6.88. The Labute approximate surface area is 86.4 Å². The third-order valence-corrected chi connectivity index (χ3v) is 4.07. The summed E-state index contributed by atoms with van der Waals surface area (Å²) in [5, 5.41) is 1.34. The van der Waals surface area contributed by atoms with Gasteiger partial charge >= 0.3 is 0 Å². The molecule has 0 bridgehead atoms. The van der Waals surface area contributed by atoms with E-state index in [1.54, 1.807) is 0 Å². The molecule has 1 aromatic carbocycles. The molecule has 70 valence electrons. The molecular weight excluding hydrogens is 187 g/mol. The van der Waals surface area contributed by atoms with Crippen molar-refractivity contribution in [3.63, 3.8) is 0 Å². The molecule has 1 heteroatoms. The highest BCUT2D eigenvalue weighted by Gasteiger charge is 2.14. The van der Waals surface area contributed by atoms with Crippen molar-refractivity contribution in [2.75, 3.05) is 0 Å². The van der Waals surface area contributed by atoms with Crippen molar-refractivity contribution in [1.82, 2.24) is 0 Å². The largest absolute Gasteiger partial charge is 0.183 e. The highest BCUT2D eigenvalue weighted by molar-refractivity contribution is 7.67. The monoisotopic (exact) mass is 200 g/mol. The zero-order valence-electron chi connectivity index (χ0n) is 8.06. The van der Waals surface area contributed by atoms with Crippen molar-refractivity contribution in [1.29, 1.82) is 0 Å². The topological polar surface area (TPSA) is 0 Å². The summed E-state index contributed by atoms with van der Waals surface area (Å²) in [6.07, 6.45) is 14.1. The zero-order valence-corrected chi connectivity index (χ0v) is 8.95.